The minimum Gasteiger partial charge on any atom is -0.368 e. The fraction of sp³-hybridized carbons (Fsp3) is 0.421. The van der Waals surface area contributed by atoms with Crippen molar-refractivity contribution in [1.29, 1.82) is 0 Å². The SMILES string of the molecule is Cc1cccc(C)c1.NC(=O)CN1C(=O)SC(=C2CCCCC2)C1=O. The molecule has 2 N–H and O–H groups in total. The monoisotopic (exact) mass is 360 g/mol. The van der Waals surface area contributed by atoms with Gasteiger partial charge in [0.05, 0.1) is 4.91 Å². The molecule has 1 aromatic rings. The van der Waals surface area contributed by atoms with Gasteiger partial charge in [-0.05, 0) is 51.3 Å². The normalized spacial score (nSPS) is 17.4. The molecule has 1 heterocycles. The highest BCUT2D eigenvalue weighted by Gasteiger charge is 2.37. The molecule has 5 nitrogen and oxygen atoms in total. The summed E-state index contributed by atoms with van der Waals surface area (Å²) in [5, 5.41) is -0.387. The van der Waals surface area contributed by atoms with E-state index in [-0.39, 0.29) is 17.7 Å². The van der Waals surface area contributed by atoms with Gasteiger partial charge in [0, 0.05) is 0 Å². The van der Waals surface area contributed by atoms with Crippen molar-refractivity contribution in [2.75, 3.05) is 6.54 Å². The number of thioether (sulfide) groups is 1. The number of primary amides is 1. The van der Waals surface area contributed by atoms with Crippen LogP contribution in [0.3, 0.4) is 0 Å². The number of carbonyl (C=O) groups is 3. The van der Waals surface area contributed by atoms with Crippen LogP contribution in [0, 0.1) is 13.8 Å². The predicted octanol–water partition coefficient (Wildman–Crippen LogP) is 3.69. The standard InChI is InChI=1S/C11H14N2O3S.C8H10/c12-8(14)6-13-10(15)9(17-11(13)16)7-4-2-1-3-5-7;1-7-4-3-5-8(2)6-7/h1-6H2,(H2,12,14);3-6H,1-2H3. The maximum Gasteiger partial charge on any atom is 0.294 e. The molecule has 134 valence electrons. The molecule has 1 aliphatic heterocycles. The summed E-state index contributed by atoms with van der Waals surface area (Å²) in [6.07, 6.45) is 5.07. The quantitative estimate of drug-likeness (QED) is 0.816. The molecule has 0 spiro atoms. The Balaban J connectivity index is 0.000000236. The van der Waals surface area contributed by atoms with Gasteiger partial charge in [0.15, 0.2) is 0 Å². The molecular formula is C19H24N2O3S. The third-order valence-electron chi connectivity index (χ3n) is 4.11. The molecule has 3 rings (SSSR count). The van der Waals surface area contributed by atoms with Crippen LogP contribution < -0.4 is 5.73 Å². The summed E-state index contributed by atoms with van der Waals surface area (Å²) in [5.41, 5.74) is 8.75. The second-order valence-electron chi connectivity index (χ2n) is 6.38. The van der Waals surface area contributed by atoms with Crippen LogP contribution in [0.25, 0.3) is 0 Å². The molecule has 1 saturated heterocycles. The van der Waals surface area contributed by atoms with Gasteiger partial charge in [-0.3, -0.25) is 19.3 Å². The average Bonchev–Trinajstić information content (AvgIpc) is 2.84. The first-order chi connectivity index (χ1) is 11.9. The van der Waals surface area contributed by atoms with Gasteiger partial charge in [-0.2, -0.15) is 0 Å². The van der Waals surface area contributed by atoms with E-state index in [9.17, 15) is 14.4 Å². The highest BCUT2D eigenvalue weighted by atomic mass is 32.2. The van der Waals surface area contributed by atoms with Crippen molar-refractivity contribution in [3.05, 3.63) is 45.9 Å². The first-order valence-corrected chi connectivity index (χ1v) is 9.27. The minimum atomic E-state index is -0.665. The Hall–Kier alpha value is -2.08. The van der Waals surface area contributed by atoms with E-state index >= 15 is 0 Å². The highest BCUT2D eigenvalue weighted by molar-refractivity contribution is 8.18. The number of hydrogen-bond donors (Lipinski definition) is 1. The number of amides is 3. The lowest BCUT2D eigenvalue weighted by atomic mass is 9.94. The Kier molecular flexibility index (Phi) is 6.82. The van der Waals surface area contributed by atoms with E-state index in [0.717, 1.165) is 47.9 Å². The van der Waals surface area contributed by atoms with Crippen molar-refractivity contribution in [2.24, 2.45) is 5.73 Å². The molecule has 2 fully saturated rings. The fourth-order valence-corrected chi connectivity index (χ4v) is 3.90. The lowest BCUT2D eigenvalue weighted by Crippen LogP contribution is -2.36. The zero-order chi connectivity index (χ0) is 18.4. The summed E-state index contributed by atoms with van der Waals surface area (Å²) in [6.45, 7) is 3.89. The largest absolute Gasteiger partial charge is 0.368 e. The van der Waals surface area contributed by atoms with Crippen LogP contribution in [0.4, 0.5) is 4.79 Å². The van der Waals surface area contributed by atoms with Crippen LogP contribution in [-0.4, -0.2) is 28.5 Å². The van der Waals surface area contributed by atoms with Crippen LogP contribution in [0.15, 0.2) is 34.7 Å². The van der Waals surface area contributed by atoms with Crippen molar-refractivity contribution < 1.29 is 14.4 Å². The summed E-state index contributed by atoms with van der Waals surface area (Å²) < 4.78 is 0. The Labute approximate surface area is 152 Å². The molecule has 3 amide bonds. The molecule has 2 aliphatic rings. The van der Waals surface area contributed by atoms with Crippen LogP contribution in [0.5, 0.6) is 0 Å². The van der Waals surface area contributed by atoms with Crippen LogP contribution in [0.2, 0.25) is 0 Å². The molecule has 25 heavy (non-hydrogen) atoms. The molecule has 0 unspecified atom stereocenters. The minimum absolute atomic E-state index is 0.318. The number of nitrogens with two attached hydrogens (primary N) is 1. The summed E-state index contributed by atoms with van der Waals surface area (Å²) in [4.78, 5) is 35.8. The molecule has 0 bridgehead atoms. The van der Waals surface area contributed by atoms with E-state index in [1.165, 1.54) is 17.5 Å². The van der Waals surface area contributed by atoms with Crippen LogP contribution >= 0.6 is 11.8 Å². The highest BCUT2D eigenvalue weighted by Crippen LogP contribution is 2.37. The lowest BCUT2D eigenvalue weighted by molar-refractivity contribution is -0.128. The van der Waals surface area contributed by atoms with E-state index in [1.54, 1.807) is 0 Å². The third-order valence-corrected chi connectivity index (χ3v) is 5.18. The summed E-state index contributed by atoms with van der Waals surface area (Å²) in [6, 6.07) is 8.45. The van der Waals surface area contributed by atoms with Crippen molar-refractivity contribution in [3.8, 4) is 0 Å². The van der Waals surface area contributed by atoms with E-state index in [4.69, 9.17) is 5.73 Å². The Morgan fingerprint density at radius 1 is 1.12 bits per heavy atom. The maximum atomic E-state index is 12.0. The van der Waals surface area contributed by atoms with E-state index in [0.29, 0.717) is 4.91 Å². The number of benzene rings is 1. The van der Waals surface area contributed by atoms with Gasteiger partial charge in [-0.1, -0.05) is 47.4 Å². The number of hydrogen-bond acceptors (Lipinski definition) is 4. The molecule has 1 aromatic carbocycles. The smallest absolute Gasteiger partial charge is 0.294 e. The average molecular weight is 360 g/mol. The van der Waals surface area contributed by atoms with Crippen molar-refractivity contribution in [3.63, 3.8) is 0 Å². The van der Waals surface area contributed by atoms with Crippen molar-refractivity contribution >= 4 is 28.8 Å². The van der Waals surface area contributed by atoms with Crippen molar-refractivity contribution in [2.45, 2.75) is 46.0 Å². The molecule has 0 atom stereocenters. The first kappa shape index (κ1) is 19.2. The molecular weight excluding hydrogens is 336 g/mol. The molecule has 1 aliphatic carbocycles. The van der Waals surface area contributed by atoms with Crippen LogP contribution in [0.1, 0.15) is 43.2 Å². The maximum absolute atomic E-state index is 12.0. The zero-order valence-corrected chi connectivity index (χ0v) is 15.5. The number of rotatable bonds is 2. The van der Waals surface area contributed by atoms with E-state index in [1.807, 2.05) is 0 Å². The van der Waals surface area contributed by atoms with E-state index in [2.05, 4.69) is 38.1 Å². The van der Waals surface area contributed by atoms with Gasteiger partial charge >= 0.3 is 0 Å². The van der Waals surface area contributed by atoms with E-state index < -0.39 is 5.91 Å². The van der Waals surface area contributed by atoms with Gasteiger partial charge in [0.1, 0.15) is 6.54 Å². The number of aryl methyl sites for hydroxylation is 2. The zero-order valence-electron chi connectivity index (χ0n) is 14.7. The fourth-order valence-electron chi connectivity index (χ4n) is 2.92. The number of allylic oxidation sites excluding steroid dienone is 1. The molecule has 0 aromatic heterocycles. The molecule has 0 radical (unpaired) electrons. The Morgan fingerprint density at radius 2 is 1.72 bits per heavy atom. The number of nitrogens with zero attached hydrogens (tertiary/aromatic N) is 1. The summed E-state index contributed by atoms with van der Waals surface area (Å²) >= 11 is 0.940. The second kappa shape index (κ2) is 8.85. The van der Waals surface area contributed by atoms with Gasteiger partial charge in [-0.25, -0.2) is 0 Å². The Morgan fingerprint density at radius 3 is 2.20 bits per heavy atom. The van der Waals surface area contributed by atoms with Gasteiger partial charge in [0.25, 0.3) is 11.1 Å². The number of carbonyl (C=O) groups excluding carboxylic acids is 3. The summed E-state index contributed by atoms with van der Waals surface area (Å²) in [5.74, 6) is -1.02. The molecule has 6 heteroatoms. The topological polar surface area (TPSA) is 80.5 Å². The lowest BCUT2D eigenvalue weighted by Gasteiger charge is -2.15. The summed E-state index contributed by atoms with van der Waals surface area (Å²) in [7, 11) is 0. The first-order valence-electron chi connectivity index (χ1n) is 8.45. The predicted molar refractivity (Wildman–Crippen MR) is 99.9 cm³/mol. The van der Waals surface area contributed by atoms with Crippen LogP contribution in [-0.2, 0) is 9.59 Å². The second-order valence-corrected chi connectivity index (χ2v) is 7.34. The van der Waals surface area contributed by atoms with Gasteiger partial charge in [-0.15, -0.1) is 0 Å². The third kappa shape index (κ3) is 5.46. The molecule has 1 saturated carbocycles. The van der Waals surface area contributed by atoms with Gasteiger partial charge in [0.2, 0.25) is 5.91 Å². The van der Waals surface area contributed by atoms with Crippen molar-refractivity contribution in [1.82, 2.24) is 4.90 Å². The Bertz CT molecular complexity index is 687. The number of imide groups is 1. The van der Waals surface area contributed by atoms with Gasteiger partial charge < -0.3 is 5.73 Å².